The van der Waals surface area contributed by atoms with E-state index in [2.05, 4.69) is 9.97 Å². The fraction of sp³-hybridized carbons (Fsp3) is 0.200. The Balaban J connectivity index is 0. The minimum absolute atomic E-state index is 0. The highest BCUT2D eigenvalue weighted by Crippen LogP contribution is 1.87. The minimum Gasteiger partial charge on any atom is -0.412 e. The third kappa shape index (κ3) is 3.33. The molecular weight excluding hydrogens is 150 g/mol. The van der Waals surface area contributed by atoms with Crippen molar-refractivity contribution < 1.29 is 11.0 Å². The van der Waals surface area contributed by atoms with E-state index in [9.17, 15) is 4.79 Å². The van der Waals surface area contributed by atoms with Gasteiger partial charge in [0.1, 0.15) is 11.6 Å². The van der Waals surface area contributed by atoms with E-state index < -0.39 is 0 Å². The monoisotopic (exact) mass is 161 g/mol. The quantitative estimate of drug-likeness (QED) is 0.456. The van der Waals surface area contributed by atoms with Gasteiger partial charge in [0.2, 0.25) is 0 Å². The van der Waals surface area contributed by atoms with Gasteiger partial charge in [-0.15, -0.1) is 0 Å². The van der Waals surface area contributed by atoms with Crippen LogP contribution in [0.25, 0.3) is 0 Å². The molecule has 0 unspecified atom stereocenters. The van der Waals surface area contributed by atoms with Crippen molar-refractivity contribution in [3.63, 3.8) is 0 Å². The summed E-state index contributed by atoms with van der Waals surface area (Å²) >= 11 is 0. The highest BCUT2D eigenvalue weighted by molar-refractivity contribution is 5.24. The van der Waals surface area contributed by atoms with E-state index in [1.54, 1.807) is 6.92 Å². The van der Waals surface area contributed by atoms with Gasteiger partial charge in [-0.1, -0.05) is 0 Å². The van der Waals surface area contributed by atoms with E-state index in [1.807, 2.05) is 0 Å². The SMILES string of the molecule is Cc1nc(N)cc(=O)[nH]1.O.O. The van der Waals surface area contributed by atoms with Crippen LogP contribution in [0, 0.1) is 6.92 Å². The van der Waals surface area contributed by atoms with E-state index in [-0.39, 0.29) is 22.3 Å². The number of H-pyrrole nitrogens is 1. The summed E-state index contributed by atoms with van der Waals surface area (Å²) in [5.74, 6) is 0.802. The Bertz CT molecular complexity index is 247. The van der Waals surface area contributed by atoms with Crippen molar-refractivity contribution in [2.24, 2.45) is 0 Å². The Morgan fingerprint density at radius 2 is 2.09 bits per heavy atom. The average molecular weight is 161 g/mol. The van der Waals surface area contributed by atoms with Crippen molar-refractivity contribution in [2.75, 3.05) is 5.73 Å². The first-order chi connectivity index (χ1) is 4.18. The summed E-state index contributed by atoms with van der Waals surface area (Å²) in [6.45, 7) is 1.68. The van der Waals surface area contributed by atoms with E-state index >= 15 is 0 Å². The lowest BCUT2D eigenvalue weighted by Gasteiger charge is -1.90. The van der Waals surface area contributed by atoms with E-state index in [0.29, 0.717) is 5.82 Å². The molecule has 0 radical (unpaired) electrons. The van der Waals surface area contributed by atoms with Crippen LogP contribution in [0.3, 0.4) is 0 Å². The summed E-state index contributed by atoms with van der Waals surface area (Å²) in [7, 11) is 0. The van der Waals surface area contributed by atoms with Crippen LogP contribution >= 0.6 is 0 Å². The molecule has 7 N–H and O–H groups in total. The van der Waals surface area contributed by atoms with Crippen LogP contribution < -0.4 is 11.3 Å². The Hall–Kier alpha value is -1.40. The first-order valence-corrected chi connectivity index (χ1v) is 2.52. The molecular formula is C5H11N3O3. The summed E-state index contributed by atoms with van der Waals surface area (Å²) in [4.78, 5) is 16.8. The molecule has 0 amide bonds. The van der Waals surface area contributed by atoms with Gasteiger partial charge in [0.15, 0.2) is 0 Å². The molecule has 0 bridgehead atoms. The molecule has 1 aromatic rings. The Labute approximate surface area is 62.7 Å². The number of hydrogen-bond donors (Lipinski definition) is 2. The van der Waals surface area contributed by atoms with Gasteiger partial charge < -0.3 is 21.7 Å². The highest BCUT2D eigenvalue weighted by Gasteiger charge is 1.89. The van der Waals surface area contributed by atoms with Crippen molar-refractivity contribution in [3.05, 3.63) is 22.2 Å². The van der Waals surface area contributed by atoms with E-state index in [4.69, 9.17) is 5.73 Å². The lowest BCUT2D eigenvalue weighted by Crippen LogP contribution is -2.09. The summed E-state index contributed by atoms with van der Waals surface area (Å²) in [6, 6.07) is 1.24. The number of hydrogen-bond acceptors (Lipinski definition) is 3. The number of rotatable bonds is 0. The second-order valence-electron chi connectivity index (χ2n) is 1.76. The highest BCUT2D eigenvalue weighted by atomic mass is 16.1. The number of aryl methyl sites for hydroxylation is 1. The molecule has 6 heteroatoms. The number of nitrogens with two attached hydrogens (primary N) is 1. The predicted octanol–water partition coefficient (Wildman–Crippen LogP) is -1.99. The second-order valence-corrected chi connectivity index (χ2v) is 1.76. The molecule has 0 aliphatic carbocycles. The molecule has 0 fully saturated rings. The maximum Gasteiger partial charge on any atom is 0.252 e. The van der Waals surface area contributed by atoms with Crippen LogP contribution in [0.2, 0.25) is 0 Å². The van der Waals surface area contributed by atoms with E-state index in [0.717, 1.165) is 0 Å². The third-order valence-electron chi connectivity index (χ3n) is 0.880. The fourth-order valence-corrected chi connectivity index (χ4v) is 0.603. The van der Waals surface area contributed by atoms with Crippen LogP contribution in [0.15, 0.2) is 10.9 Å². The molecule has 64 valence electrons. The number of nitrogens with zero attached hydrogens (tertiary/aromatic N) is 1. The molecule has 0 atom stereocenters. The van der Waals surface area contributed by atoms with Crippen molar-refractivity contribution in [1.29, 1.82) is 0 Å². The second kappa shape index (κ2) is 4.42. The number of aromatic nitrogens is 2. The first kappa shape index (κ1) is 12.3. The number of anilines is 1. The van der Waals surface area contributed by atoms with Gasteiger partial charge in [-0.2, -0.15) is 0 Å². The Kier molecular flexibility index (Phi) is 4.94. The molecule has 0 saturated carbocycles. The normalized spacial score (nSPS) is 7.73. The van der Waals surface area contributed by atoms with E-state index in [1.165, 1.54) is 6.07 Å². The average Bonchev–Trinajstić information content (AvgIpc) is 1.59. The van der Waals surface area contributed by atoms with Gasteiger partial charge in [0.05, 0.1) is 0 Å². The number of aromatic amines is 1. The predicted molar refractivity (Wildman–Crippen MR) is 41.2 cm³/mol. The molecule has 0 aliphatic heterocycles. The van der Waals surface area contributed by atoms with Gasteiger partial charge in [-0.25, -0.2) is 4.98 Å². The standard InChI is InChI=1S/C5H7N3O.2H2O/c1-3-7-4(6)2-5(9)8-3;;/h2H,1H3,(H3,6,7,8,9);2*1H2. The van der Waals surface area contributed by atoms with Gasteiger partial charge in [-0.3, -0.25) is 4.79 Å². The third-order valence-corrected chi connectivity index (χ3v) is 0.880. The van der Waals surface area contributed by atoms with Crippen molar-refractivity contribution in [3.8, 4) is 0 Å². The van der Waals surface area contributed by atoms with Crippen molar-refractivity contribution in [1.82, 2.24) is 9.97 Å². The van der Waals surface area contributed by atoms with Gasteiger partial charge >= 0.3 is 0 Å². The van der Waals surface area contributed by atoms with Gasteiger partial charge in [0, 0.05) is 6.07 Å². The number of nitrogen functional groups attached to an aromatic ring is 1. The Morgan fingerprint density at radius 1 is 1.55 bits per heavy atom. The zero-order chi connectivity index (χ0) is 6.85. The molecule has 1 aromatic heterocycles. The fourth-order valence-electron chi connectivity index (χ4n) is 0.603. The largest absolute Gasteiger partial charge is 0.412 e. The Morgan fingerprint density at radius 3 is 2.45 bits per heavy atom. The number of nitrogens with one attached hydrogen (secondary N) is 1. The van der Waals surface area contributed by atoms with Crippen molar-refractivity contribution in [2.45, 2.75) is 6.92 Å². The topological polar surface area (TPSA) is 135 Å². The molecule has 0 aliphatic rings. The maximum absolute atomic E-state index is 10.5. The molecule has 0 spiro atoms. The molecule has 1 rings (SSSR count). The summed E-state index contributed by atoms with van der Waals surface area (Å²) in [5.41, 5.74) is 5.02. The zero-order valence-corrected chi connectivity index (χ0v) is 6.01. The summed E-state index contributed by atoms with van der Waals surface area (Å²) < 4.78 is 0. The minimum atomic E-state index is -0.208. The van der Waals surface area contributed by atoms with Crippen LogP contribution in [0.5, 0.6) is 0 Å². The van der Waals surface area contributed by atoms with Crippen LogP contribution in [0.4, 0.5) is 5.82 Å². The van der Waals surface area contributed by atoms with Crippen LogP contribution in [0.1, 0.15) is 5.82 Å². The van der Waals surface area contributed by atoms with Gasteiger partial charge in [-0.05, 0) is 6.92 Å². The summed E-state index contributed by atoms with van der Waals surface area (Å²) in [5, 5.41) is 0. The molecule has 11 heavy (non-hydrogen) atoms. The summed E-state index contributed by atoms with van der Waals surface area (Å²) in [6.07, 6.45) is 0. The van der Waals surface area contributed by atoms with Crippen LogP contribution in [-0.2, 0) is 0 Å². The maximum atomic E-state index is 10.5. The smallest absolute Gasteiger partial charge is 0.252 e. The molecule has 6 nitrogen and oxygen atoms in total. The molecule has 0 aromatic carbocycles. The lowest BCUT2D eigenvalue weighted by atomic mass is 10.5. The lowest BCUT2D eigenvalue weighted by molar-refractivity contribution is 0.823. The van der Waals surface area contributed by atoms with Crippen LogP contribution in [-0.4, -0.2) is 20.9 Å². The van der Waals surface area contributed by atoms with Gasteiger partial charge in [0.25, 0.3) is 5.56 Å². The molecule has 1 heterocycles. The zero-order valence-electron chi connectivity index (χ0n) is 6.01. The first-order valence-electron chi connectivity index (χ1n) is 2.52. The van der Waals surface area contributed by atoms with Crippen molar-refractivity contribution >= 4 is 5.82 Å². The molecule has 0 saturated heterocycles.